The molecule has 1 N–H and O–H groups in total. The van der Waals surface area contributed by atoms with E-state index >= 15 is 0 Å². The fourth-order valence-electron chi connectivity index (χ4n) is 2.60. The zero-order valence-corrected chi connectivity index (χ0v) is 16.6. The van der Waals surface area contributed by atoms with Crippen molar-refractivity contribution in [2.75, 3.05) is 18.2 Å². The molecule has 3 aromatic rings. The summed E-state index contributed by atoms with van der Waals surface area (Å²) in [5.41, 5.74) is 4.07. The van der Waals surface area contributed by atoms with E-state index in [2.05, 4.69) is 15.5 Å². The van der Waals surface area contributed by atoms with E-state index in [0.717, 1.165) is 28.4 Å². The van der Waals surface area contributed by atoms with E-state index in [0.29, 0.717) is 5.16 Å². The number of benzene rings is 2. The molecule has 6 nitrogen and oxygen atoms in total. The lowest BCUT2D eigenvalue weighted by molar-refractivity contribution is -0.113. The fraction of sp³-hybridized carbons (Fsp3) is 0.250. The number of thioether (sulfide) groups is 1. The topological polar surface area (TPSA) is 69.0 Å². The molecule has 0 aliphatic heterocycles. The maximum absolute atomic E-state index is 12.2. The van der Waals surface area contributed by atoms with Crippen molar-refractivity contribution in [1.29, 1.82) is 0 Å². The lowest BCUT2D eigenvalue weighted by Gasteiger charge is -2.08. The van der Waals surface area contributed by atoms with Crippen LogP contribution >= 0.6 is 11.8 Å². The van der Waals surface area contributed by atoms with Crippen LogP contribution in [0.3, 0.4) is 0 Å². The largest absolute Gasteiger partial charge is 0.497 e. The van der Waals surface area contributed by atoms with Gasteiger partial charge in [-0.05, 0) is 49.2 Å². The normalized spacial score (nSPS) is 10.7. The maximum atomic E-state index is 12.2. The second-order valence-corrected chi connectivity index (χ2v) is 7.18. The van der Waals surface area contributed by atoms with Gasteiger partial charge < -0.3 is 14.6 Å². The Hall–Kier alpha value is -2.80. The van der Waals surface area contributed by atoms with Crippen LogP contribution in [0.2, 0.25) is 0 Å². The number of nitrogens with one attached hydrogen (secondary N) is 1. The molecule has 7 heteroatoms. The first-order chi connectivity index (χ1) is 13.0. The number of ether oxygens (including phenoxy) is 1. The van der Waals surface area contributed by atoms with Crippen LogP contribution in [0.25, 0.3) is 11.4 Å². The Balaban J connectivity index is 1.65. The van der Waals surface area contributed by atoms with Gasteiger partial charge in [0.2, 0.25) is 5.91 Å². The molecule has 1 amide bonds. The van der Waals surface area contributed by atoms with Gasteiger partial charge in [0, 0.05) is 18.3 Å². The van der Waals surface area contributed by atoms with Crippen LogP contribution in [-0.2, 0) is 11.8 Å². The minimum Gasteiger partial charge on any atom is -0.497 e. The smallest absolute Gasteiger partial charge is 0.234 e. The Labute approximate surface area is 163 Å². The number of nitrogens with zero attached hydrogens (tertiary/aromatic N) is 3. The predicted molar refractivity (Wildman–Crippen MR) is 108 cm³/mol. The summed E-state index contributed by atoms with van der Waals surface area (Å²) in [5, 5.41) is 12.1. The number of hydrogen-bond donors (Lipinski definition) is 1. The van der Waals surface area contributed by atoms with Crippen LogP contribution < -0.4 is 10.1 Å². The Kier molecular flexibility index (Phi) is 5.81. The highest BCUT2D eigenvalue weighted by Gasteiger charge is 2.13. The van der Waals surface area contributed by atoms with E-state index in [4.69, 9.17) is 4.74 Å². The van der Waals surface area contributed by atoms with Crippen LogP contribution in [0.15, 0.2) is 47.6 Å². The maximum Gasteiger partial charge on any atom is 0.234 e. The van der Waals surface area contributed by atoms with Crippen molar-refractivity contribution >= 4 is 23.4 Å². The minimum atomic E-state index is -0.0748. The Morgan fingerprint density at radius 3 is 2.70 bits per heavy atom. The Morgan fingerprint density at radius 1 is 1.15 bits per heavy atom. The van der Waals surface area contributed by atoms with Crippen molar-refractivity contribution in [3.05, 3.63) is 53.6 Å². The van der Waals surface area contributed by atoms with Gasteiger partial charge in [0.25, 0.3) is 0 Å². The molecule has 0 fully saturated rings. The summed E-state index contributed by atoms with van der Waals surface area (Å²) < 4.78 is 7.14. The van der Waals surface area contributed by atoms with Crippen molar-refractivity contribution in [3.63, 3.8) is 0 Å². The summed E-state index contributed by atoms with van der Waals surface area (Å²) in [6.45, 7) is 4.07. The molecule has 1 aromatic heterocycles. The molecule has 140 valence electrons. The van der Waals surface area contributed by atoms with Gasteiger partial charge in [0.1, 0.15) is 5.75 Å². The van der Waals surface area contributed by atoms with Gasteiger partial charge in [-0.2, -0.15) is 0 Å². The number of aromatic nitrogens is 3. The van der Waals surface area contributed by atoms with Gasteiger partial charge >= 0.3 is 0 Å². The van der Waals surface area contributed by atoms with Crippen molar-refractivity contribution < 1.29 is 9.53 Å². The molecule has 0 aliphatic carbocycles. The highest BCUT2D eigenvalue weighted by Crippen LogP contribution is 2.25. The van der Waals surface area contributed by atoms with Gasteiger partial charge in [-0.3, -0.25) is 4.79 Å². The standard InChI is InChI=1S/C20H22N4O2S/c1-13-8-9-16(10-14(13)2)21-18(25)12-27-20-23-22-19(24(20)3)15-6-5-7-17(11-15)26-4/h5-11H,12H2,1-4H3,(H,21,25). The van der Waals surface area contributed by atoms with Crippen molar-refractivity contribution in [1.82, 2.24) is 14.8 Å². The van der Waals surface area contributed by atoms with E-state index in [-0.39, 0.29) is 11.7 Å². The number of anilines is 1. The van der Waals surface area contributed by atoms with Gasteiger partial charge in [-0.15, -0.1) is 10.2 Å². The highest BCUT2D eigenvalue weighted by molar-refractivity contribution is 7.99. The summed E-state index contributed by atoms with van der Waals surface area (Å²) in [7, 11) is 3.52. The first-order valence-electron chi connectivity index (χ1n) is 8.51. The Morgan fingerprint density at radius 2 is 1.96 bits per heavy atom. The quantitative estimate of drug-likeness (QED) is 0.656. The number of hydrogen-bond acceptors (Lipinski definition) is 5. The highest BCUT2D eigenvalue weighted by atomic mass is 32.2. The van der Waals surface area contributed by atoms with E-state index in [1.807, 2.05) is 67.9 Å². The summed E-state index contributed by atoms with van der Waals surface area (Å²) in [6, 6.07) is 13.5. The predicted octanol–water partition coefficient (Wildman–Crippen LogP) is 3.84. The molecule has 0 spiro atoms. The van der Waals surface area contributed by atoms with Crippen LogP contribution in [0.4, 0.5) is 5.69 Å². The van der Waals surface area contributed by atoms with Gasteiger partial charge in [-0.25, -0.2) is 0 Å². The SMILES string of the molecule is COc1cccc(-c2nnc(SCC(=O)Nc3ccc(C)c(C)c3)n2C)c1. The van der Waals surface area contributed by atoms with E-state index in [1.165, 1.54) is 17.3 Å². The molecule has 3 rings (SSSR count). The van der Waals surface area contributed by atoms with Crippen LogP contribution in [-0.4, -0.2) is 33.5 Å². The molecule has 0 atom stereocenters. The molecule has 1 heterocycles. The van der Waals surface area contributed by atoms with Crippen molar-refractivity contribution in [3.8, 4) is 17.1 Å². The minimum absolute atomic E-state index is 0.0748. The second kappa shape index (κ2) is 8.26. The Bertz CT molecular complexity index is 968. The first kappa shape index (κ1) is 19.0. The van der Waals surface area contributed by atoms with Crippen LogP contribution in [0, 0.1) is 13.8 Å². The molecule has 0 bridgehead atoms. The number of carbonyl (C=O) groups excluding carboxylic acids is 1. The van der Waals surface area contributed by atoms with Gasteiger partial charge in [-0.1, -0.05) is 30.0 Å². The monoisotopic (exact) mass is 382 g/mol. The third kappa shape index (κ3) is 4.49. The molecule has 0 saturated heterocycles. The molecule has 0 aliphatic rings. The average Bonchev–Trinajstić information content (AvgIpc) is 3.03. The molecule has 2 aromatic carbocycles. The van der Waals surface area contributed by atoms with Gasteiger partial charge in [0.05, 0.1) is 12.9 Å². The summed E-state index contributed by atoms with van der Waals surface area (Å²) in [6.07, 6.45) is 0. The molecule has 0 radical (unpaired) electrons. The molecular formula is C20H22N4O2S. The zero-order valence-electron chi connectivity index (χ0n) is 15.8. The zero-order chi connectivity index (χ0) is 19.4. The number of carbonyl (C=O) groups is 1. The number of amides is 1. The van der Waals surface area contributed by atoms with Crippen molar-refractivity contribution in [2.45, 2.75) is 19.0 Å². The van der Waals surface area contributed by atoms with E-state index < -0.39 is 0 Å². The van der Waals surface area contributed by atoms with Crippen LogP contribution in [0.1, 0.15) is 11.1 Å². The number of aryl methyl sites for hydroxylation is 2. The lowest BCUT2D eigenvalue weighted by Crippen LogP contribution is -2.14. The second-order valence-electron chi connectivity index (χ2n) is 6.23. The fourth-order valence-corrected chi connectivity index (χ4v) is 3.31. The molecular weight excluding hydrogens is 360 g/mol. The van der Waals surface area contributed by atoms with E-state index in [1.54, 1.807) is 7.11 Å². The van der Waals surface area contributed by atoms with Crippen LogP contribution in [0.5, 0.6) is 5.75 Å². The molecule has 27 heavy (non-hydrogen) atoms. The number of methoxy groups -OCH3 is 1. The van der Waals surface area contributed by atoms with E-state index in [9.17, 15) is 4.79 Å². The lowest BCUT2D eigenvalue weighted by atomic mass is 10.1. The van der Waals surface area contributed by atoms with Crippen molar-refractivity contribution in [2.24, 2.45) is 7.05 Å². The average molecular weight is 382 g/mol. The third-order valence-corrected chi connectivity index (χ3v) is 5.31. The third-order valence-electron chi connectivity index (χ3n) is 4.29. The first-order valence-corrected chi connectivity index (χ1v) is 9.50. The summed E-state index contributed by atoms with van der Waals surface area (Å²) in [5.74, 6) is 1.68. The summed E-state index contributed by atoms with van der Waals surface area (Å²) in [4.78, 5) is 12.2. The molecule has 0 unspecified atom stereocenters. The summed E-state index contributed by atoms with van der Waals surface area (Å²) >= 11 is 1.35. The van der Waals surface area contributed by atoms with Gasteiger partial charge in [0.15, 0.2) is 11.0 Å². The number of rotatable bonds is 6. The molecule has 0 saturated carbocycles.